The van der Waals surface area contributed by atoms with Crippen LogP contribution in [0.1, 0.15) is 12.5 Å². The molecule has 1 aliphatic heterocycles. The van der Waals surface area contributed by atoms with Gasteiger partial charge in [-0.3, -0.25) is 4.79 Å². The van der Waals surface area contributed by atoms with Gasteiger partial charge in [0.2, 0.25) is 5.91 Å². The molecule has 1 saturated heterocycles. The number of piperazine rings is 1. The van der Waals surface area contributed by atoms with Crippen LogP contribution in [0.5, 0.6) is 11.5 Å². The van der Waals surface area contributed by atoms with E-state index >= 15 is 0 Å². The number of hydrogen-bond acceptors (Lipinski definition) is 4. The number of amides is 1. The smallest absolute Gasteiger partial charge is 0.246 e. The Bertz CT molecular complexity index is 778. The molecule has 1 aliphatic rings. The summed E-state index contributed by atoms with van der Waals surface area (Å²) in [4.78, 5) is 16.6. The molecular weight excluding hydrogens is 340 g/mol. The van der Waals surface area contributed by atoms with Crippen molar-refractivity contribution in [1.82, 2.24) is 4.90 Å². The average molecular weight is 366 g/mol. The summed E-state index contributed by atoms with van der Waals surface area (Å²) in [7, 11) is 1.68. The predicted octanol–water partition coefficient (Wildman–Crippen LogP) is 3.46. The third kappa shape index (κ3) is 4.82. The summed E-state index contributed by atoms with van der Waals surface area (Å²) >= 11 is 0. The fourth-order valence-corrected chi connectivity index (χ4v) is 3.17. The maximum atomic E-state index is 12.5. The van der Waals surface area contributed by atoms with Crippen molar-refractivity contribution in [3.63, 3.8) is 0 Å². The number of methoxy groups -OCH3 is 1. The number of anilines is 1. The third-order valence-corrected chi connectivity index (χ3v) is 4.63. The summed E-state index contributed by atoms with van der Waals surface area (Å²) in [5.74, 6) is 1.75. The highest BCUT2D eigenvalue weighted by Gasteiger charge is 2.21. The van der Waals surface area contributed by atoms with E-state index in [2.05, 4.69) is 11.0 Å². The number of rotatable bonds is 6. The SMILES string of the molecule is CCOc1ccc(C=CC(=O)N2CCN(c3ccccc3OC)CC2)cc1. The molecule has 1 fully saturated rings. The van der Waals surface area contributed by atoms with Crippen molar-refractivity contribution in [2.24, 2.45) is 0 Å². The lowest BCUT2D eigenvalue weighted by atomic mass is 10.2. The Kier molecular flexibility index (Phi) is 6.36. The molecule has 27 heavy (non-hydrogen) atoms. The van der Waals surface area contributed by atoms with Gasteiger partial charge in [-0.1, -0.05) is 24.3 Å². The minimum absolute atomic E-state index is 0.0450. The topological polar surface area (TPSA) is 42.0 Å². The summed E-state index contributed by atoms with van der Waals surface area (Å²) < 4.78 is 10.9. The van der Waals surface area contributed by atoms with Crippen LogP contribution in [0.25, 0.3) is 6.08 Å². The van der Waals surface area contributed by atoms with E-state index < -0.39 is 0 Å². The number of nitrogens with zero attached hydrogens (tertiary/aromatic N) is 2. The zero-order valence-corrected chi connectivity index (χ0v) is 15.9. The zero-order valence-electron chi connectivity index (χ0n) is 15.9. The van der Waals surface area contributed by atoms with Crippen LogP contribution in [-0.2, 0) is 4.79 Å². The van der Waals surface area contributed by atoms with Gasteiger partial charge in [-0.15, -0.1) is 0 Å². The maximum absolute atomic E-state index is 12.5. The first-order chi connectivity index (χ1) is 13.2. The van der Waals surface area contributed by atoms with Gasteiger partial charge in [0.15, 0.2) is 0 Å². The van der Waals surface area contributed by atoms with Crippen LogP contribution in [0.4, 0.5) is 5.69 Å². The van der Waals surface area contributed by atoms with Crippen molar-refractivity contribution in [3.8, 4) is 11.5 Å². The molecule has 0 saturated carbocycles. The lowest BCUT2D eigenvalue weighted by Crippen LogP contribution is -2.48. The summed E-state index contributed by atoms with van der Waals surface area (Å²) in [6.07, 6.45) is 3.50. The van der Waals surface area contributed by atoms with E-state index in [1.165, 1.54) is 0 Å². The number of hydrogen-bond donors (Lipinski definition) is 0. The van der Waals surface area contributed by atoms with Crippen molar-refractivity contribution in [3.05, 3.63) is 60.2 Å². The first-order valence-corrected chi connectivity index (χ1v) is 9.29. The molecule has 142 valence electrons. The van der Waals surface area contributed by atoms with Gasteiger partial charge in [0, 0.05) is 32.3 Å². The Labute approximate surface area is 160 Å². The average Bonchev–Trinajstić information content (AvgIpc) is 2.73. The fraction of sp³-hybridized carbons (Fsp3) is 0.318. The summed E-state index contributed by atoms with van der Waals surface area (Å²) in [6.45, 7) is 5.59. The van der Waals surface area contributed by atoms with E-state index in [-0.39, 0.29) is 5.91 Å². The molecule has 5 nitrogen and oxygen atoms in total. The van der Waals surface area contributed by atoms with Crippen molar-refractivity contribution in [2.75, 3.05) is 44.8 Å². The lowest BCUT2D eigenvalue weighted by molar-refractivity contribution is -0.126. The second-order valence-electron chi connectivity index (χ2n) is 6.32. The quantitative estimate of drug-likeness (QED) is 0.735. The van der Waals surface area contributed by atoms with Gasteiger partial charge in [-0.2, -0.15) is 0 Å². The second-order valence-corrected chi connectivity index (χ2v) is 6.32. The van der Waals surface area contributed by atoms with E-state index in [4.69, 9.17) is 9.47 Å². The molecule has 2 aromatic rings. The Morgan fingerprint density at radius 2 is 1.74 bits per heavy atom. The van der Waals surface area contributed by atoms with E-state index in [9.17, 15) is 4.79 Å². The molecular formula is C22H26N2O3. The summed E-state index contributed by atoms with van der Waals surface area (Å²) in [5, 5.41) is 0. The van der Waals surface area contributed by atoms with Crippen molar-refractivity contribution >= 4 is 17.7 Å². The molecule has 0 bridgehead atoms. The molecule has 0 atom stereocenters. The highest BCUT2D eigenvalue weighted by molar-refractivity contribution is 5.92. The molecule has 0 aromatic heterocycles. The molecule has 0 spiro atoms. The van der Waals surface area contributed by atoms with Crippen molar-refractivity contribution < 1.29 is 14.3 Å². The van der Waals surface area contributed by atoms with E-state index in [0.29, 0.717) is 19.7 Å². The number of ether oxygens (including phenoxy) is 2. The predicted molar refractivity (Wildman–Crippen MR) is 108 cm³/mol. The molecule has 0 radical (unpaired) electrons. The largest absolute Gasteiger partial charge is 0.495 e. The maximum Gasteiger partial charge on any atom is 0.246 e. The van der Waals surface area contributed by atoms with Gasteiger partial charge < -0.3 is 19.3 Å². The summed E-state index contributed by atoms with van der Waals surface area (Å²) in [6, 6.07) is 15.7. The monoisotopic (exact) mass is 366 g/mol. The van der Waals surface area contributed by atoms with Crippen LogP contribution in [0.2, 0.25) is 0 Å². The standard InChI is InChI=1S/C22H26N2O3/c1-3-27-19-11-8-18(9-12-19)10-13-22(25)24-16-14-23(15-17-24)20-6-4-5-7-21(20)26-2/h4-13H,3,14-17H2,1-2H3. The molecule has 3 rings (SSSR count). The highest BCUT2D eigenvalue weighted by atomic mass is 16.5. The summed E-state index contributed by atoms with van der Waals surface area (Å²) in [5.41, 5.74) is 2.07. The van der Waals surface area contributed by atoms with Gasteiger partial charge in [0.1, 0.15) is 11.5 Å². The van der Waals surface area contributed by atoms with E-state index in [1.54, 1.807) is 13.2 Å². The zero-order chi connectivity index (χ0) is 19.1. The number of carbonyl (C=O) groups is 1. The highest BCUT2D eigenvalue weighted by Crippen LogP contribution is 2.28. The lowest BCUT2D eigenvalue weighted by Gasteiger charge is -2.36. The van der Waals surface area contributed by atoms with Gasteiger partial charge in [0.05, 0.1) is 19.4 Å². The molecule has 0 aliphatic carbocycles. The van der Waals surface area contributed by atoms with Crippen LogP contribution in [0.3, 0.4) is 0 Å². The van der Waals surface area contributed by atoms with E-state index in [0.717, 1.165) is 35.8 Å². The Hall–Kier alpha value is -2.95. The molecule has 2 aromatic carbocycles. The number of benzene rings is 2. The Morgan fingerprint density at radius 1 is 1.04 bits per heavy atom. The van der Waals surface area contributed by atoms with Crippen LogP contribution in [0.15, 0.2) is 54.6 Å². The third-order valence-electron chi connectivity index (χ3n) is 4.63. The van der Waals surface area contributed by atoms with Crippen molar-refractivity contribution in [2.45, 2.75) is 6.92 Å². The fourth-order valence-electron chi connectivity index (χ4n) is 3.17. The number of para-hydroxylation sites is 2. The minimum Gasteiger partial charge on any atom is -0.495 e. The van der Waals surface area contributed by atoms with Gasteiger partial charge >= 0.3 is 0 Å². The van der Waals surface area contributed by atoms with E-state index in [1.807, 2.05) is 60.4 Å². The minimum atomic E-state index is 0.0450. The normalized spacial score (nSPS) is 14.4. The Balaban J connectivity index is 1.55. The molecule has 1 amide bonds. The Morgan fingerprint density at radius 3 is 2.41 bits per heavy atom. The van der Waals surface area contributed by atoms with Crippen LogP contribution < -0.4 is 14.4 Å². The van der Waals surface area contributed by atoms with Gasteiger partial charge in [0.25, 0.3) is 0 Å². The first-order valence-electron chi connectivity index (χ1n) is 9.29. The van der Waals surface area contributed by atoms with Gasteiger partial charge in [-0.05, 0) is 42.8 Å². The second kappa shape index (κ2) is 9.12. The molecule has 1 heterocycles. The van der Waals surface area contributed by atoms with Crippen LogP contribution >= 0.6 is 0 Å². The molecule has 5 heteroatoms. The van der Waals surface area contributed by atoms with Crippen molar-refractivity contribution in [1.29, 1.82) is 0 Å². The first kappa shape index (κ1) is 18.8. The molecule has 0 N–H and O–H groups in total. The molecule has 0 unspecified atom stereocenters. The number of carbonyl (C=O) groups excluding carboxylic acids is 1. The van der Waals surface area contributed by atoms with Crippen LogP contribution in [-0.4, -0.2) is 50.7 Å². The van der Waals surface area contributed by atoms with Crippen LogP contribution in [0, 0.1) is 0 Å². The van der Waals surface area contributed by atoms with Gasteiger partial charge in [-0.25, -0.2) is 0 Å².